The van der Waals surface area contributed by atoms with Gasteiger partial charge in [0.25, 0.3) is 0 Å². The number of anilines is 2. The predicted molar refractivity (Wildman–Crippen MR) is 124 cm³/mol. The number of benzene rings is 1. The van der Waals surface area contributed by atoms with Crippen LogP contribution in [0.3, 0.4) is 0 Å². The summed E-state index contributed by atoms with van der Waals surface area (Å²) in [6.45, 7) is 6.71. The van der Waals surface area contributed by atoms with Gasteiger partial charge in [0.1, 0.15) is 5.75 Å². The van der Waals surface area contributed by atoms with Crippen molar-refractivity contribution < 1.29 is 31.1 Å². The number of halogens is 3. The van der Waals surface area contributed by atoms with Crippen LogP contribution in [0.25, 0.3) is 0 Å². The highest BCUT2D eigenvalue weighted by Crippen LogP contribution is 2.31. The third-order valence-corrected chi connectivity index (χ3v) is 8.02. The van der Waals surface area contributed by atoms with Gasteiger partial charge in [0.2, 0.25) is 5.91 Å². The average molecular weight is 516 g/mol. The summed E-state index contributed by atoms with van der Waals surface area (Å²) in [5.74, 6) is -0.298. The maximum atomic E-state index is 12.4. The molecule has 3 heterocycles. The van der Waals surface area contributed by atoms with E-state index in [1.165, 1.54) is 12.1 Å². The Kier molecular flexibility index (Phi) is 7.00. The number of aryl methyl sites for hydroxylation is 1. The summed E-state index contributed by atoms with van der Waals surface area (Å²) < 4.78 is 66.2. The minimum atomic E-state index is -4.76. The molecule has 1 atom stereocenters. The van der Waals surface area contributed by atoms with Crippen LogP contribution in [-0.4, -0.2) is 79.6 Å². The van der Waals surface area contributed by atoms with E-state index < -0.39 is 16.2 Å². The summed E-state index contributed by atoms with van der Waals surface area (Å²) in [7, 11) is -3.01. The van der Waals surface area contributed by atoms with Crippen molar-refractivity contribution in [2.45, 2.75) is 32.7 Å². The predicted octanol–water partition coefficient (Wildman–Crippen LogP) is 2.52. The summed E-state index contributed by atoms with van der Waals surface area (Å²) in [5.41, 5.74) is 3.21. The Labute approximate surface area is 201 Å². The SMILES string of the molecule is Cc1nn(C2CCS(=O)(=O)C2)c(C)c1N1CCN(CC(=O)Nc2ccc(OC(F)(F)F)cc2)CC1. The summed E-state index contributed by atoms with van der Waals surface area (Å²) in [5, 5.41) is 7.32. The summed E-state index contributed by atoms with van der Waals surface area (Å²) >= 11 is 0. The van der Waals surface area contributed by atoms with Crippen molar-refractivity contribution in [2.24, 2.45) is 0 Å². The molecule has 1 N–H and O–H groups in total. The van der Waals surface area contributed by atoms with E-state index in [-0.39, 0.29) is 35.7 Å². The number of nitrogens with zero attached hydrogens (tertiary/aromatic N) is 4. The molecule has 2 aromatic rings. The van der Waals surface area contributed by atoms with Gasteiger partial charge in [-0.3, -0.25) is 14.4 Å². The number of sulfone groups is 1. The number of ether oxygens (including phenoxy) is 1. The quantitative estimate of drug-likeness (QED) is 0.632. The van der Waals surface area contributed by atoms with Gasteiger partial charge in [-0.25, -0.2) is 8.42 Å². The van der Waals surface area contributed by atoms with Crippen molar-refractivity contribution in [3.8, 4) is 5.75 Å². The van der Waals surface area contributed by atoms with Crippen molar-refractivity contribution in [3.05, 3.63) is 35.7 Å². The number of alkyl halides is 3. The highest BCUT2D eigenvalue weighted by molar-refractivity contribution is 7.91. The summed E-state index contributed by atoms with van der Waals surface area (Å²) in [4.78, 5) is 16.6. The van der Waals surface area contributed by atoms with E-state index in [1.54, 1.807) is 0 Å². The van der Waals surface area contributed by atoms with Crippen LogP contribution in [0.1, 0.15) is 23.9 Å². The number of amides is 1. The van der Waals surface area contributed by atoms with Gasteiger partial charge in [-0.05, 0) is 44.5 Å². The average Bonchev–Trinajstić information content (AvgIpc) is 3.27. The molecule has 2 aliphatic heterocycles. The van der Waals surface area contributed by atoms with Crippen LogP contribution < -0.4 is 15.0 Å². The molecule has 0 aliphatic carbocycles. The van der Waals surface area contributed by atoms with Crippen LogP contribution in [0.2, 0.25) is 0 Å². The third-order valence-electron chi connectivity index (χ3n) is 6.27. The minimum absolute atomic E-state index is 0.120. The van der Waals surface area contributed by atoms with Crippen molar-refractivity contribution >= 4 is 27.1 Å². The van der Waals surface area contributed by atoms with E-state index in [4.69, 9.17) is 0 Å². The van der Waals surface area contributed by atoms with E-state index in [0.717, 1.165) is 29.2 Å². The molecule has 1 aromatic heterocycles. The number of aromatic nitrogens is 2. The lowest BCUT2D eigenvalue weighted by Gasteiger charge is -2.36. The zero-order chi connectivity index (χ0) is 25.4. The molecule has 2 saturated heterocycles. The second-order valence-electron chi connectivity index (χ2n) is 8.90. The monoisotopic (exact) mass is 515 g/mol. The Balaban J connectivity index is 1.30. The van der Waals surface area contributed by atoms with Gasteiger partial charge in [-0.2, -0.15) is 5.10 Å². The standard InChI is InChI=1S/C22H28F3N5O4S/c1-15-21(16(2)30(27-15)18-7-12-35(32,33)14-18)29-10-8-28(9-11-29)13-20(31)26-17-3-5-19(6-4-17)34-22(23,24)25/h3-6,18H,7-14H2,1-2H3,(H,26,31). The number of carbonyl (C=O) groups is 1. The molecule has 4 rings (SSSR count). The molecule has 192 valence electrons. The van der Waals surface area contributed by atoms with Crippen LogP contribution in [0.4, 0.5) is 24.5 Å². The Morgan fingerprint density at radius 2 is 1.80 bits per heavy atom. The molecule has 0 radical (unpaired) electrons. The van der Waals surface area contributed by atoms with Gasteiger partial charge in [-0.15, -0.1) is 13.2 Å². The van der Waals surface area contributed by atoms with Gasteiger partial charge in [0.05, 0.1) is 41.2 Å². The van der Waals surface area contributed by atoms with E-state index in [9.17, 15) is 26.4 Å². The maximum Gasteiger partial charge on any atom is 0.573 e. The van der Waals surface area contributed by atoms with Crippen LogP contribution >= 0.6 is 0 Å². The van der Waals surface area contributed by atoms with Crippen LogP contribution in [-0.2, 0) is 14.6 Å². The first-order valence-corrected chi connectivity index (χ1v) is 13.1. The largest absolute Gasteiger partial charge is 0.573 e. The number of rotatable bonds is 6. The molecular weight excluding hydrogens is 487 g/mol. The maximum absolute atomic E-state index is 12.4. The third kappa shape index (κ3) is 6.26. The van der Waals surface area contributed by atoms with E-state index in [1.807, 2.05) is 23.4 Å². The van der Waals surface area contributed by atoms with Gasteiger partial charge in [0.15, 0.2) is 9.84 Å². The van der Waals surface area contributed by atoms with Gasteiger partial charge in [-0.1, -0.05) is 0 Å². The Hall–Kier alpha value is -2.80. The van der Waals surface area contributed by atoms with Crippen molar-refractivity contribution in [1.82, 2.24) is 14.7 Å². The van der Waals surface area contributed by atoms with Gasteiger partial charge >= 0.3 is 6.36 Å². The number of carbonyl (C=O) groups excluding carboxylic acids is 1. The topological polar surface area (TPSA) is 96.8 Å². The molecule has 1 unspecified atom stereocenters. The second kappa shape index (κ2) is 9.69. The highest BCUT2D eigenvalue weighted by Gasteiger charge is 2.33. The first-order chi connectivity index (χ1) is 16.4. The number of nitrogens with one attached hydrogen (secondary N) is 1. The van der Waals surface area contributed by atoms with Crippen LogP contribution in [0.5, 0.6) is 5.75 Å². The molecular formula is C22H28F3N5O4S. The van der Waals surface area contributed by atoms with Crippen molar-refractivity contribution in [2.75, 3.05) is 54.4 Å². The highest BCUT2D eigenvalue weighted by atomic mass is 32.2. The fraction of sp³-hybridized carbons (Fsp3) is 0.545. The zero-order valence-electron chi connectivity index (χ0n) is 19.5. The Morgan fingerprint density at radius 1 is 1.14 bits per heavy atom. The molecule has 1 aromatic carbocycles. The molecule has 0 saturated carbocycles. The van der Waals surface area contributed by atoms with E-state index in [0.29, 0.717) is 38.3 Å². The second-order valence-corrected chi connectivity index (χ2v) is 11.1. The smallest absolute Gasteiger partial charge is 0.406 e. The van der Waals surface area contributed by atoms with Crippen molar-refractivity contribution in [3.63, 3.8) is 0 Å². The zero-order valence-corrected chi connectivity index (χ0v) is 20.3. The van der Waals surface area contributed by atoms with Crippen LogP contribution in [0.15, 0.2) is 24.3 Å². The lowest BCUT2D eigenvalue weighted by atomic mass is 10.2. The number of hydrogen-bond acceptors (Lipinski definition) is 7. The molecule has 0 spiro atoms. The Morgan fingerprint density at radius 3 is 2.37 bits per heavy atom. The van der Waals surface area contributed by atoms with Gasteiger partial charge in [0, 0.05) is 31.9 Å². The fourth-order valence-electron chi connectivity index (χ4n) is 4.71. The fourth-order valence-corrected chi connectivity index (χ4v) is 6.40. The van der Waals surface area contributed by atoms with Crippen molar-refractivity contribution in [1.29, 1.82) is 0 Å². The number of piperazine rings is 1. The van der Waals surface area contributed by atoms with E-state index >= 15 is 0 Å². The lowest BCUT2D eigenvalue weighted by molar-refractivity contribution is -0.274. The Bertz CT molecular complexity index is 1170. The van der Waals surface area contributed by atoms with E-state index in [2.05, 4.69) is 20.1 Å². The molecule has 2 aliphatic rings. The lowest BCUT2D eigenvalue weighted by Crippen LogP contribution is -2.49. The molecule has 35 heavy (non-hydrogen) atoms. The first-order valence-electron chi connectivity index (χ1n) is 11.3. The minimum Gasteiger partial charge on any atom is -0.406 e. The summed E-state index contributed by atoms with van der Waals surface area (Å²) in [6.07, 6.45) is -4.19. The summed E-state index contributed by atoms with van der Waals surface area (Å²) in [6, 6.07) is 4.87. The molecule has 0 bridgehead atoms. The molecule has 2 fully saturated rings. The first kappa shape index (κ1) is 25.3. The molecule has 1 amide bonds. The molecule has 9 nitrogen and oxygen atoms in total. The normalized spacial score (nSPS) is 20.7. The van der Waals surface area contributed by atoms with Gasteiger partial charge < -0.3 is 15.0 Å². The number of hydrogen-bond donors (Lipinski definition) is 1. The molecule has 13 heteroatoms. The van der Waals surface area contributed by atoms with Crippen LogP contribution in [0, 0.1) is 13.8 Å².